The number of halogens is 1. The SMILES string of the molecule is OCCCNc1nc(Nc2cccc(Br)c2)cc(-c2ccccc2)n1. The molecule has 3 rings (SSSR count). The van der Waals surface area contributed by atoms with E-state index in [-0.39, 0.29) is 6.61 Å². The normalized spacial score (nSPS) is 10.5. The molecule has 0 saturated heterocycles. The van der Waals surface area contributed by atoms with Crippen LogP contribution in [0.15, 0.2) is 65.1 Å². The molecule has 0 fully saturated rings. The Hall–Kier alpha value is -2.44. The third-order valence-electron chi connectivity index (χ3n) is 3.51. The van der Waals surface area contributed by atoms with Crippen molar-refractivity contribution in [2.45, 2.75) is 6.42 Å². The quantitative estimate of drug-likeness (QED) is 0.513. The number of benzene rings is 2. The topological polar surface area (TPSA) is 70.1 Å². The van der Waals surface area contributed by atoms with E-state index in [9.17, 15) is 0 Å². The number of aliphatic hydroxyl groups excluding tert-OH is 1. The minimum absolute atomic E-state index is 0.133. The van der Waals surface area contributed by atoms with Crippen LogP contribution in [0.25, 0.3) is 11.3 Å². The van der Waals surface area contributed by atoms with E-state index in [1.165, 1.54) is 0 Å². The van der Waals surface area contributed by atoms with Gasteiger partial charge in [-0.25, -0.2) is 4.98 Å². The van der Waals surface area contributed by atoms with Gasteiger partial charge in [-0.1, -0.05) is 52.3 Å². The number of hydrogen-bond donors (Lipinski definition) is 3. The first kappa shape index (κ1) is 17.4. The van der Waals surface area contributed by atoms with Crippen LogP contribution in [0.3, 0.4) is 0 Å². The maximum absolute atomic E-state index is 8.95. The van der Waals surface area contributed by atoms with Crippen molar-refractivity contribution < 1.29 is 5.11 Å². The molecule has 1 aromatic heterocycles. The Kier molecular flexibility index (Phi) is 5.98. The van der Waals surface area contributed by atoms with E-state index in [1.807, 2.05) is 60.7 Å². The van der Waals surface area contributed by atoms with Crippen molar-refractivity contribution in [2.75, 3.05) is 23.8 Å². The Balaban J connectivity index is 1.91. The van der Waals surface area contributed by atoms with Gasteiger partial charge in [-0.15, -0.1) is 0 Å². The molecule has 5 nitrogen and oxygen atoms in total. The lowest BCUT2D eigenvalue weighted by Gasteiger charge is -2.11. The molecule has 128 valence electrons. The third-order valence-corrected chi connectivity index (χ3v) is 4.00. The molecule has 3 aromatic rings. The summed E-state index contributed by atoms with van der Waals surface area (Å²) in [5.41, 5.74) is 2.79. The number of nitrogens with one attached hydrogen (secondary N) is 2. The van der Waals surface area contributed by atoms with Crippen LogP contribution in [0.2, 0.25) is 0 Å². The molecule has 0 amide bonds. The molecule has 3 N–H and O–H groups in total. The van der Waals surface area contributed by atoms with Crippen molar-refractivity contribution in [2.24, 2.45) is 0 Å². The minimum Gasteiger partial charge on any atom is -0.396 e. The number of aliphatic hydroxyl groups is 1. The highest BCUT2D eigenvalue weighted by Gasteiger charge is 2.07. The first-order valence-electron chi connectivity index (χ1n) is 8.06. The molecule has 2 aromatic carbocycles. The summed E-state index contributed by atoms with van der Waals surface area (Å²) in [6.45, 7) is 0.750. The molecule has 0 unspecified atom stereocenters. The van der Waals surface area contributed by atoms with Gasteiger partial charge in [0, 0.05) is 34.9 Å². The maximum Gasteiger partial charge on any atom is 0.225 e. The van der Waals surface area contributed by atoms with Crippen molar-refractivity contribution in [3.63, 3.8) is 0 Å². The van der Waals surface area contributed by atoms with Crippen molar-refractivity contribution in [3.05, 3.63) is 65.1 Å². The maximum atomic E-state index is 8.95. The Morgan fingerprint density at radius 2 is 1.80 bits per heavy atom. The lowest BCUT2D eigenvalue weighted by Crippen LogP contribution is -2.08. The van der Waals surface area contributed by atoms with E-state index >= 15 is 0 Å². The van der Waals surface area contributed by atoms with Gasteiger partial charge in [0.2, 0.25) is 5.95 Å². The molecule has 6 heteroatoms. The molecule has 0 aliphatic rings. The molecule has 0 radical (unpaired) electrons. The summed E-state index contributed by atoms with van der Waals surface area (Å²) in [4.78, 5) is 9.11. The Labute approximate surface area is 155 Å². The third kappa shape index (κ3) is 5.01. The van der Waals surface area contributed by atoms with Gasteiger partial charge in [0.05, 0.1) is 5.69 Å². The molecule has 1 heterocycles. The zero-order chi connectivity index (χ0) is 17.5. The molecule has 0 bridgehead atoms. The second-order valence-corrected chi connectivity index (χ2v) is 6.38. The average Bonchev–Trinajstić information content (AvgIpc) is 2.63. The van der Waals surface area contributed by atoms with E-state index in [1.54, 1.807) is 0 Å². The van der Waals surface area contributed by atoms with Gasteiger partial charge in [0.25, 0.3) is 0 Å². The van der Waals surface area contributed by atoms with Crippen molar-refractivity contribution in [1.29, 1.82) is 0 Å². The van der Waals surface area contributed by atoms with Gasteiger partial charge in [-0.05, 0) is 24.6 Å². The predicted molar refractivity (Wildman–Crippen MR) is 105 cm³/mol. The number of anilines is 3. The van der Waals surface area contributed by atoms with Crippen LogP contribution in [0, 0.1) is 0 Å². The van der Waals surface area contributed by atoms with Crippen molar-refractivity contribution in [1.82, 2.24) is 9.97 Å². The molecular formula is C19H19BrN4O. The van der Waals surface area contributed by atoms with E-state index in [0.29, 0.717) is 24.7 Å². The summed E-state index contributed by atoms with van der Waals surface area (Å²) in [7, 11) is 0. The minimum atomic E-state index is 0.133. The highest BCUT2D eigenvalue weighted by Crippen LogP contribution is 2.24. The largest absolute Gasteiger partial charge is 0.396 e. The summed E-state index contributed by atoms with van der Waals surface area (Å²) < 4.78 is 0.996. The van der Waals surface area contributed by atoms with Gasteiger partial charge in [-0.2, -0.15) is 4.98 Å². The van der Waals surface area contributed by atoms with Crippen LogP contribution in [0.4, 0.5) is 17.5 Å². The standard InChI is InChI=1S/C19H19BrN4O/c20-15-8-4-9-16(12-15)22-18-13-17(14-6-2-1-3-7-14)23-19(24-18)21-10-5-11-25/h1-4,6-9,12-13,25H,5,10-11H2,(H2,21,22,23,24). The lowest BCUT2D eigenvalue weighted by molar-refractivity contribution is 0.292. The molecular weight excluding hydrogens is 380 g/mol. The number of rotatable bonds is 7. The first-order chi connectivity index (χ1) is 12.2. The van der Waals surface area contributed by atoms with E-state index < -0.39 is 0 Å². The van der Waals surface area contributed by atoms with Gasteiger partial charge in [-0.3, -0.25) is 0 Å². The predicted octanol–water partition coefficient (Wildman–Crippen LogP) is 4.44. The second-order valence-electron chi connectivity index (χ2n) is 5.47. The Morgan fingerprint density at radius 3 is 2.56 bits per heavy atom. The fourth-order valence-corrected chi connectivity index (χ4v) is 2.74. The van der Waals surface area contributed by atoms with Crippen molar-refractivity contribution in [3.8, 4) is 11.3 Å². The molecule has 25 heavy (non-hydrogen) atoms. The van der Waals surface area contributed by atoms with Gasteiger partial charge in [0.1, 0.15) is 5.82 Å². The van der Waals surface area contributed by atoms with Gasteiger partial charge < -0.3 is 15.7 Å². The van der Waals surface area contributed by atoms with Gasteiger partial charge >= 0.3 is 0 Å². The smallest absolute Gasteiger partial charge is 0.225 e. The van der Waals surface area contributed by atoms with E-state index in [2.05, 4.69) is 36.5 Å². The molecule has 0 atom stereocenters. The highest BCUT2D eigenvalue weighted by molar-refractivity contribution is 9.10. The van der Waals surface area contributed by atoms with Gasteiger partial charge in [0.15, 0.2) is 0 Å². The summed E-state index contributed by atoms with van der Waals surface area (Å²) in [5.74, 6) is 1.24. The zero-order valence-electron chi connectivity index (χ0n) is 13.6. The zero-order valence-corrected chi connectivity index (χ0v) is 15.2. The second kappa shape index (κ2) is 8.60. The van der Waals surface area contributed by atoms with E-state index in [4.69, 9.17) is 5.11 Å². The first-order valence-corrected chi connectivity index (χ1v) is 8.86. The van der Waals surface area contributed by atoms with Crippen LogP contribution in [-0.4, -0.2) is 28.2 Å². The Morgan fingerprint density at radius 1 is 0.960 bits per heavy atom. The van der Waals surface area contributed by atoms with Crippen LogP contribution < -0.4 is 10.6 Å². The van der Waals surface area contributed by atoms with Crippen LogP contribution >= 0.6 is 15.9 Å². The monoisotopic (exact) mass is 398 g/mol. The summed E-state index contributed by atoms with van der Waals surface area (Å²) >= 11 is 3.47. The highest BCUT2D eigenvalue weighted by atomic mass is 79.9. The summed E-state index contributed by atoms with van der Waals surface area (Å²) in [6, 6.07) is 19.8. The number of hydrogen-bond acceptors (Lipinski definition) is 5. The number of aromatic nitrogens is 2. The fraction of sp³-hybridized carbons (Fsp3) is 0.158. The van der Waals surface area contributed by atoms with E-state index in [0.717, 1.165) is 21.4 Å². The van der Waals surface area contributed by atoms with Crippen molar-refractivity contribution >= 4 is 33.4 Å². The molecule has 0 saturated carbocycles. The average molecular weight is 399 g/mol. The number of nitrogens with zero attached hydrogens (tertiary/aromatic N) is 2. The Bertz CT molecular complexity index is 827. The molecule has 0 aliphatic carbocycles. The summed E-state index contributed by atoms with van der Waals surface area (Å²) in [5, 5.41) is 15.4. The molecule has 0 aliphatic heterocycles. The fourth-order valence-electron chi connectivity index (χ4n) is 2.34. The van der Waals surface area contributed by atoms with Crippen LogP contribution in [-0.2, 0) is 0 Å². The van der Waals surface area contributed by atoms with Crippen LogP contribution in [0.5, 0.6) is 0 Å². The molecule has 0 spiro atoms. The lowest BCUT2D eigenvalue weighted by atomic mass is 10.1. The van der Waals surface area contributed by atoms with Crippen LogP contribution in [0.1, 0.15) is 6.42 Å². The summed E-state index contributed by atoms with van der Waals surface area (Å²) in [6.07, 6.45) is 0.646.